The summed E-state index contributed by atoms with van der Waals surface area (Å²) in [6, 6.07) is 9.66. The highest BCUT2D eigenvalue weighted by atomic mass is 16.5. The first-order valence-electron chi connectivity index (χ1n) is 8.17. The Morgan fingerprint density at radius 1 is 1.12 bits per heavy atom. The fourth-order valence-electron chi connectivity index (χ4n) is 2.24. The zero-order valence-electron chi connectivity index (χ0n) is 14.6. The molecule has 2 aromatic heterocycles. The Hall–Kier alpha value is -3.35. The molecular formula is C19H19N5O2. The molecule has 1 amide bonds. The van der Waals surface area contributed by atoms with E-state index in [0.29, 0.717) is 23.9 Å². The van der Waals surface area contributed by atoms with E-state index in [9.17, 15) is 4.79 Å². The molecule has 26 heavy (non-hydrogen) atoms. The van der Waals surface area contributed by atoms with Gasteiger partial charge in [0.2, 0.25) is 5.88 Å². The van der Waals surface area contributed by atoms with Crippen LogP contribution in [0.2, 0.25) is 0 Å². The van der Waals surface area contributed by atoms with E-state index in [2.05, 4.69) is 25.3 Å². The summed E-state index contributed by atoms with van der Waals surface area (Å²) in [4.78, 5) is 28.8. The number of rotatable bonds is 6. The van der Waals surface area contributed by atoms with Crippen LogP contribution in [0.3, 0.4) is 0 Å². The van der Waals surface area contributed by atoms with Gasteiger partial charge in [-0.1, -0.05) is 29.8 Å². The van der Waals surface area contributed by atoms with E-state index in [0.717, 1.165) is 11.3 Å². The Bertz CT molecular complexity index is 882. The van der Waals surface area contributed by atoms with Crippen molar-refractivity contribution >= 4 is 5.91 Å². The molecule has 1 aromatic carbocycles. The number of hydrogen-bond acceptors (Lipinski definition) is 6. The maximum Gasteiger partial charge on any atom is 0.258 e. The van der Waals surface area contributed by atoms with Crippen LogP contribution in [0.25, 0.3) is 11.5 Å². The molecule has 0 saturated carbocycles. The van der Waals surface area contributed by atoms with Gasteiger partial charge in [-0.15, -0.1) is 0 Å². The quantitative estimate of drug-likeness (QED) is 0.734. The van der Waals surface area contributed by atoms with E-state index in [-0.39, 0.29) is 12.5 Å². The minimum atomic E-state index is -0.220. The molecule has 0 spiro atoms. The number of nitrogens with one attached hydrogen (secondary N) is 1. The summed E-state index contributed by atoms with van der Waals surface area (Å²) in [7, 11) is 0. The summed E-state index contributed by atoms with van der Waals surface area (Å²) in [6.07, 6.45) is 4.72. The van der Waals surface area contributed by atoms with Gasteiger partial charge >= 0.3 is 0 Å². The molecule has 0 aliphatic carbocycles. The highest BCUT2D eigenvalue weighted by Crippen LogP contribution is 2.16. The lowest BCUT2D eigenvalue weighted by atomic mass is 10.1. The smallest absolute Gasteiger partial charge is 0.258 e. The van der Waals surface area contributed by atoms with Crippen LogP contribution in [0.5, 0.6) is 5.88 Å². The van der Waals surface area contributed by atoms with Crippen LogP contribution in [0.4, 0.5) is 0 Å². The first-order valence-corrected chi connectivity index (χ1v) is 8.17. The molecule has 3 aromatic rings. The van der Waals surface area contributed by atoms with Gasteiger partial charge in [0.25, 0.3) is 5.91 Å². The number of amides is 1. The number of hydrogen-bond donors (Lipinski definition) is 1. The molecule has 1 N–H and O–H groups in total. The Labute approximate surface area is 151 Å². The van der Waals surface area contributed by atoms with E-state index in [1.165, 1.54) is 5.56 Å². The fraction of sp³-hybridized carbons (Fsp3) is 0.211. The predicted molar refractivity (Wildman–Crippen MR) is 96.3 cm³/mol. The van der Waals surface area contributed by atoms with Crippen molar-refractivity contribution in [3.05, 3.63) is 65.7 Å². The molecule has 7 heteroatoms. The number of benzene rings is 1. The Morgan fingerprint density at radius 2 is 1.92 bits per heavy atom. The normalized spacial score (nSPS) is 10.4. The summed E-state index contributed by atoms with van der Waals surface area (Å²) in [6.45, 7) is 4.18. The highest BCUT2D eigenvalue weighted by Gasteiger charge is 2.09. The second kappa shape index (κ2) is 8.15. The summed E-state index contributed by atoms with van der Waals surface area (Å²) in [5.74, 6) is 0.514. The third kappa shape index (κ3) is 4.83. The Kier molecular flexibility index (Phi) is 5.48. The number of aryl methyl sites for hydroxylation is 2. The molecule has 2 heterocycles. The number of carbonyl (C=O) groups is 1. The fourth-order valence-corrected chi connectivity index (χ4v) is 2.24. The second-order valence-electron chi connectivity index (χ2n) is 5.81. The third-order valence-electron chi connectivity index (χ3n) is 3.58. The van der Waals surface area contributed by atoms with E-state index in [1.807, 2.05) is 38.1 Å². The van der Waals surface area contributed by atoms with Crippen molar-refractivity contribution in [1.82, 2.24) is 25.3 Å². The Balaban J connectivity index is 1.58. The third-order valence-corrected chi connectivity index (χ3v) is 3.58. The van der Waals surface area contributed by atoms with Crippen molar-refractivity contribution in [1.29, 1.82) is 0 Å². The average molecular weight is 349 g/mol. The molecule has 7 nitrogen and oxygen atoms in total. The van der Waals surface area contributed by atoms with Gasteiger partial charge in [-0.05, 0) is 19.4 Å². The van der Waals surface area contributed by atoms with Crippen molar-refractivity contribution in [2.75, 3.05) is 6.61 Å². The van der Waals surface area contributed by atoms with Crippen LogP contribution in [-0.2, 0) is 11.3 Å². The summed E-state index contributed by atoms with van der Waals surface area (Å²) >= 11 is 0. The van der Waals surface area contributed by atoms with Crippen LogP contribution < -0.4 is 10.1 Å². The van der Waals surface area contributed by atoms with Gasteiger partial charge in [-0.3, -0.25) is 9.78 Å². The number of carbonyl (C=O) groups excluding carboxylic acids is 1. The van der Waals surface area contributed by atoms with Gasteiger partial charge in [0.05, 0.1) is 6.20 Å². The van der Waals surface area contributed by atoms with E-state index >= 15 is 0 Å². The topological polar surface area (TPSA) is 89.9 Å². The molecule has 0 radical (unpaired) electrons. The molecule has 0 aliphatic heterocycles. The largest absolute Gasteiger partial charge is 0.467 e. The van der Waals surface area contributed by atoms with E-state index < -0.39 is 0 Å². The standard InChI is InChI=1S/C19H19N5O2/c1-13-3-5-15(6-4-13)10-22-17(25)12-26-18-9-14(2)23-19(24-18)16-11-20-7-8-21-16/h3-9,11H,10,12H2,1-2H3,(H,22,25). The number of nitrogens with zero attached hydrogens (tertiary/aromatic N) is 4. The number of aromatic nitrogens is 4. The molecule has 0 unspecified atom stereocenters. The average Bonchev–Trinajstić information content (AvgIpc) is 2.66. The maximum absolute atomic E-state index is 12.0. The lowest BCUT2D eigenvalue weighted by Crippen LogP contribution is -2.28. The lowest BCUT2D eigenvalue weighted by Gasteiger charge is -2.09. The molecule has 3 rings (SSSR count). The van der Waals surface area contributed by atoms with Crippen molar-refractivity contribution < 1.29 is 9.53 Å². The summed E-state index contributed by atoms with van der Waals surface area (Å²) < 4.78 is 5.51. The van der Waals surface area contributed by atoms with Crippen LogP contribution in [-0.4, -0.2) is 32.4 Å². The van der Waals surface area contributed by atoms with Gasteiger partial charge in [-0.25, -0.2) is 9.97 Å². The SMILES string of the molecule is Cc1ccc(CNC(=O)COc2cc(C)nc(-c3cnccn3)n2)cc1. The number of ether oxygens (including phenoxy) is 1. The van der Waals surface area contributed by atoms with Gasteiger partial charge in [0.1, 0.15) is 5.69 Å². The summed E-state index contributed by atoms with van der Waals surface area (Å²) in [5, 5.41) is 2.82. The molecule has 0 atom stereocenters. The second-order valence-corrected chi connectivity index (χ2v) is 5.81. The van der Waals surface area contributed by atoms with Gasteiger partial charge in [-0.2, -0.15) is 4.98 Å². The molecule has 0 fully saturated rings. The predicted octanol–water partition coefficient (Wildman–Crippen LogP) is 2.25. The lowest BCUT2D eigenvalue weighted by molar-refractivity contribution is -0.123. The van der Waals surface area contributed by atoms with Crippen LogP contribution in [0.1, 0.15) is 16.8 Å². The van der Waals surface area contributed by atoms with Gasteiger partial charge < -0.3 is 10.1 Å². The molecule has 132 valence electrons. The highest BCUT2D eigenvalue weighted by molar-refractivity contribution is 5.77. The van der Waals surface area contributed by atoms with Crippen molar-refractivity contribution in [3.63, 3.8) is 0 Å². The maximum atomic E-state index is 12.0. The molecular weight excluding hydrogens is 330 g/mol. The van der Waals surface area contributed by atoms with E-state index in [4.69, 9.17) is 4.74 Å². The molecule has 0 aliphatic rings. The minimum Gasteiger partial charge on any atom is -0.467 e. The molecule has 0 bridgehead atoms. The summed E-state index contributed by atoms with van der Waals surface area (Å²) in [5.41, 5.74) is 3.48. The van der Waals surface area contributed by atoms with Crippen molar-refractivity contribution in [3.8, 4) is 17.4 Å². The monoisotopic (exact) mass is 349 g/mol. The van der Waals surface area contributed by atoms with E-state index in [1.54, 1.807) is 24.7 Å². The van der Waals surface area contributed by atoms with Gasteiger partial charge in [0.15, 0.2) is 12.4 Å². The van der Waals surface area contributed by atoms with Gasteiger partial charge in [0, 0.05) is 30.7 Å². The first-order chi connectivity index (χ1) is 12.6. The first kappa shape index (κ1) is 17.5. The van der Waals surface area contributed by atoms with Crippen molar-refractivity contribution in [2.24, 2.45) is 0 Å². The molecule has 0 saturated heterocycles. The van der Waals surface area contributed by atoms with Crippen LogP contribution >= 0.6 is 0 Å². The van der Waals surface area contributed by atoms with Crippen molar-refractivity contribution in [2.45, 2.75) is 20.4 Å². The Morgan fingerprint density at radius 3 is 2.65 bits per heavy atom. The minimum absolute atomic E-state index is 0.123. The van der Waals surface area contributed by atoms with Crippen LogP contribution in [0.15, 0.2) is 48.9 Å². The zero-order valence-corrected chi connectivity index (χ0v) is 14.6. The van der Waals surface area contributed by atoms with Crippen LogP contribution in [0, 0.1) is 13.8 Å². The zero-order chi connectivity index (χ0) is 18.4.